The largest absolute Gasteiger partial charge is 0.490 e. The van der Waals surface area contributed by atoms with Crippen molar-refractivity contribution < 1.29 is 19.1 Å². The summed E-state index contributed by atoms with van der Waals surface area (Å²) >= 11 is 4.33. The van der Waals surface area contributed by atoms with E-state index in [1.165, 1.54) is 0 Å². The number of hydrogen-bond donors (Lipinski definition) is 0. The monoisotopic (exact) mass is 466 g/mol. The lowest BCUT2D eigenvalue weighted by Gasteiger charge is -2.27. The molecule has 3 amide bonds. The van der Waals surface area contributed by atoms with E-state index in [1.807, 2.05) is 32.0 Å². The molecule has 6 nitrogen and oxygen atoms in total. The van der Waals surface area contributed by atoms with Crippen molar-refractivity contribution >= 4 is 50.8 Å². The first-order valence-electron chi connectivity index (χ1n) is 9.34. The maximum absolute atomic E-state index is 12.6. The second kappa shape index (κ2) is 9.13. The zero-order valence-corrected chi connectivity index (χ0v) is 18.3. The van der Waals surface area contributed by atoms with Gasteiger partial charge in [-0.15, -0.1) is 0 Å². The van der Waals surface area contributed by atoms with Crippen molar-refractivity contribution in [1.29, 1.82) is 0 Å². The zero-order valence-electron chi connectivity index (χ0n) is 15.9. The molecule has 0 saturated carbocycles. The summed E-state index contributed by atoms with van der Waals surface area (Å²) in [5.41, 5.74) is 0.774. The summed E-state index contributed by atoms with van der Waals surface area (Å²) in [5.74, 6) is 0.132. The van der Waals surface area contributed by atoms with Gasteiger partial charge in [0, 0.05) is 13.1 Å². The molecule has 2 aliphatic heterocycles. The topological polar surface area (TPSA) is 66.9 Å². The molecule has 8 heteroatoms. The van der Waals surface area contributed by atoms with Gasteiger partial charge in [-0.2, -0.15) is 0 Å². The second-order valence-electron chi connectivity index (χ2n) is 7.07. The van der Waals surface area contributed by atoms with Crippen molar-refractivity contribution in [3.05, 3.63) is 33.1 Å². The predicted molar refractivity (Wildman–Crippen MR) is 113 cm³/mol. The summed E-state index contributed by atoms with van der Waals surface area (Å²) in [7, 11) is 0. The highest BCUT2D eigenvalue weighted by Gasteiger charge is 2.37. The van der Waals surface area contributed by atoms with Crippen LogP contribution in [0.1, 0.15) is 38.7 Å². The molecular weight excluding hydrogens is 444 g/mol. The third-order valence-electron chi connectivity index (χ3n) is 4.49. The number of piperidine rings is 1. The summed E-state index contributed by atoms with van der Waals surface area (Å²) < 4.78 is 6.45. The summed E-state index contributed by atoms with van der Waals surface area (Å²) in [6, 6.07) is 5.49. The first-order valence-corrected chi connectivity index (χ1v) is 11.0. The minimum absolute atomic E-state index is 0.0519. The average molecular weight is 467 g/mol. The number of benzene rings is 1. The molecule has 2 aliphatic rings. The molecule has 0 atom stereocenters. The van der Waals surface area contributed by atoms with Gasteiger partial charge in [0.15, 0.2) is 0 Å². The van der Waals surface area contributed by atoms with Crippen molar-refractivity contribution in [2.24, 2.45) is 0 Å². The number of thioether (sulfide) groups is 1. The number of imide groups is 1. The number of ether oxygens (including phenoxy) is 1. The van der Waals surface area contributed by atoms with Crippen molar-refractivity contribution in [3.63, 3.8) is 0 Å². The minimum Gasteiger partial charge on any atom is -0.490 e. The van der Waals surface area contributed by atoms with E-state index in [0.29, 0.717) is 23.7 Å². The van der Waals surface area contributed by atoms with Crippen LogP contribution in [0.2, 0.25) is 0 Å². The molecule has 2 fully saturated rings. The summed E-state index contributed by atoms with van der Waals surface area (Å²) in [5, 5.41) is -0.402. The van der Waals surface area contributed by atoms with E-state index in [1.54, 1.807) is 11.0 Å². The standard InChI is InChI=1S/C20H23BrN2O4S/c1-13(2)27-16-7-6-14(10-15(16)21)11-17-19(25)23(20(26)28-17)12-18(24)22-8-4-3-5-9-22/h6-7,10-11,13H,3-5,8-9,12H2,1-2H3/b17-11-. The van der Waals surface area contributed by atoms with Gasteiger partial charge in [0.2, 0.25) is 5.91 Å². The Bertz CT molecular complexity index is 818. The number of amides is 3. The molecule has 28 heavy (non-hydrogen) atoms. The normalized spacial score (nSPS) is 19.1. The Balaban J connectivity index is 1.70. The lowest BCUT2D eigenvalue weighted by molar-refractivity contribution is -0.136. The fourth-order valence-electron chi connectivity index (χ4n) is 3.12. The Morgan fingerprint density at radius 3 is 2.61 bits per heavy atom. The molecule has 0 N–H and O–H groups in total. The molecule has 150 valence electrons. The maximum Gasteiger partial charge on any atom is 0.294 e. The fourth-order valence-corrected chi connectivity index (χ4v) is 4.45. The number of carbonyl (C=O) groups is 3. The summed E-state index contributed by atoms with van der Waals surface area (Å²) in [6.45, 7) is 5.10. The van der Waals surface area contributed by atoms with E-state index in [9.17, 15) is 14.4 Å². The van der Waals surface area contributed by atoms with Gasteiger partial charge in [-0.25, -0.2) is 0 Å². The number of rotatable bonds is 5. The first-order chi connectivity index (χ1) is 13.3. The van der Waals surface area contributed by atoms with Crippen LogP contribution in [0.25, 0.3) is 6.08 Å². The Kier molecular flexibility index (Phi) is 6.82. The molecule has 0 spiro atoms. The van der Waals surface area contributed by atoms with Crippen LogP contribution in [-0.2, 0) is 9.59 Å². The van der Waals surface area contributed by atoms with Crippen molar-refractivity contribution in [2.75, 3.05) is 19.6 Å². The Labute approximate surface area is 177 Å². The molecule has 0 radical (unpaired) electrons. The third kappa shape index (κ3) is 4.97. The Morgan fingerprint density at radius 2 is 1.96 bits per heavy atom. The number of likely N-dealkylation sites (tertiary alicyclic amines) is 1. The summed E-state index contributed by atoms with van der Waals surface area (Å²) in [6.07, 6.45) is 4.78. The second-order valence-corrected chi connectivity index (χ2v) is 8.91. The lowest BCUT2D eigenvalue weighted by atomic mass is 10.1. The van der Waals surface area contributed by atoms with E-state index in [0.717, 1.165) is 46.0 Å². The highest BCUT2D eigenvalue weighted by Crippen LogP contribution is 2.34. The number of nitrogens with zero attached hydrogens (tertiary/aromatic N) is 2. The molecule has 1 aromatic rings. The third-order valence-corrected chi connectivity index (χ3v) is 6.02. The van der Waals surface area contributed by atoms with Gasteiger partial charge in [-0.05, 0) is 84.6 Å². The minimum atomic E-state index is -0.418. The first kappa shape index (κ1) is 20.9. The van der Waals surface area contributed by atoms with E-state index < -0.39 is 11.1 Å². The van der Waals surface area contributed by atoms with Gasteiger partial charge in [-0.3, -0.25) is 19.3 Å². The van der Waals surface area contributed by atoms with Crippen LogP contribution in [0, 0.1) is 0 Å². The molecule has 3 rings (SSSR count). The molecule has 0 aliphatic carbocycles. The highest BCUT2D eigenvalue weighted by molar-refractivity contribution is 9.10. The van der Waals surface area contributed by atoms with Crippen LogP contribution < -0.4 is 4.74 Å². The molecule has 0 aromatic heterocycles. The number of carbonyl (C=O) groups excluding carboxylic acids is 3. The number of hydrogen-bond acceptors (Lipinski definition) is 5. The van der Waals surface area contributed by atoms with E-state index in [-0.39, 0.29) is 18.6 Å². The molecular formula is C20H23BrN2O4S. The molecule has 1 aromatic carbocycles. The summed E-state index contributed by atoms with van der Waals surface area (Å²) in [4.78, 5) is 40.4. The van der Waals surface area contributed by atoms with Crippen LogP contribution >= 0.6 is 27.7 Å². The molecule has 2 saturated heterocycles. The zero-order chi connectivity index (χ0) is 20.3. The van der Waals surface area contributed by atoms with Gasteiger partial charge >= 0.3 is 0 Å². The lowest BCUT2D eigenvalue weighted by Crippen LogP contribution is -2.44. The Hall–Kier alpha value is -1.80. The van der Waals surface area contributed by atoms with Gasteiger partial charge in [0.05, 0.1) is 15.5 Å². The highest BCUT2D eigenvalue weighted by atomic mass is 79.9. The number of halogens is 1. The van der Waals surface area contributed by atoms with Gasteiger partial charge in [0.25, 0.3) is 11.1 Å². The van der Waals surface area contributed by atoms with E-state index in [2.05, 4.69) is 15.9 Å². The van der Waals surface area contributed by atoms with Crippen molar-refractivity contribution in [2.45, 2.75) is 39.2 Å². The molecule has 0 bridgehead atoms. The van der Waals surface area contributed by atoms with Crippen LogP contribution in [0.5, 0.6) is 5.75 Å². The van der Waals surface area contributed by atoms with Gasteiger partial charge < -0.3 is 9.64 Å². The van der Waals surface area contributed by atoms with Crippen molar-refractivity contribution in [1.82, 2.24) is 9.80 Å². The SMILES string of the molecule is CC(C)Oc1ccc(/C=C2\SC(=O)N(CC(=O)N3CCCCC3)C2=O)cc1Br. The fraction of sp³-hybridized carbons (Fsp3) is 0.450. The van der Waals surface area contributed by atoms with Crippen LogP contribution in [0.4, 0.5) is 4.79 Å². The van der Waals surface area contributed by atoms with Gasteiger partial charge in [0.1, 0.15) is 12.3 Å². The van der Waals surface area contributed by atoms with Crippen LogP contribution in [-0.4, -0.2) is 52.6 Å². The van der Waals surface area contributed by atoms with Gasteiger partial charge in [-0.1, -0.05) is 6.07 Å². The average Bonchev–Trinajstić information content (AvgIpc) is 2.92. The quantitative estimate of drug-likeness (QED) is 0.605. The van der Waals surface area contributed by atoms with E-state index in [4.69, 9.17) is 4.74 Å². The van der Waals surface area contributed by atoms with Crippen LogP contribution in [0.3, 0.4) is 0 Å². The van der Waals surface area contributed by atoms with E-state index >= 15 is 0 Å². The van der Waals surface area contributed by atoms with Crippen molar-refractivity contribution in [3.8, 4) is 5.75 Å². The smallest absolute Gasteiger partial charge is 0.294 e. The maximum atomic E-state index is 12.6. The van der Waals surface area contributed by atoms with Crippen LogP contribution in [0.15, 0.2) is 27.6 Å². The predicted octanol–water partition coefficient (Wildman–Crippen LogP) is 4.29. The Morgan fingerprint density at radius 1 is 1.25 bits per heavy atom. The molecule has 0 unspecified atom stereocenters. The molecule has 2 heterocycles.